The first kappa shape index (κ1) is 35.7. The Labute approximate surface area is 324 Å². The first-order chi connectivity index (χ1) is 23.0. The molecule has 0 aromatic carbocycles. The number of nitrogens with one attached hydrogen (secondary N) is 8. The van der Waals surface area contributed by atoms with Gasteiger partial charge in [0.05, 0.1) is 70.8 Å². The van der Waals surface area contributed by atoms with E-state index in [1.165, 1.54) is 0 Å². The molecule has 8 bridgehead atoms. The van der Waals surface area contributed by atoms with E-state index >= 15 is 0 Å². The van der Waals surface area contributed by atoms with Crippen molar-refractivity contribution in [1.82, 2.24) is 42.5 Å². The SMILES string of the molecule is ClC1CC2C3NC(NC4NC(NC5NC(NC6NC(N3)C3C(Cl)CCC(Cl)C63)C3CC(Cl)C(Cl)CC53)C3C(Cl)CCC(Cl)C43)C2CC1Cl. The summed E-state index contributed by atoms with van der Waals surface area (Å²) < 4.78 is 0. The summed E-state index contributed by atoms with van der Waals surface area (Å²) >= 11 is 56.4. The molecule has 0 amide bonds. The number of hydrogen-bond donors (Lipinski definition) is 8. The lowest BCUT2D eigenvalue weighted by Crippen LogP contribution is -2.62. The normalized spacial score (nSPS) is 62.5. The fourth-order valence-corrected chi connectivity index (χ4v) is 14.8. The Hall–Kier alpha value is 2.00. The molecule has 8 nitrogen and oxygen atoms in total. The number of rotatable bonds is 0. The van der Waals surface area contributed by atoms with E-state index in [2.05, 4.69) is 42.5 Å². The Kier molecular flexibility index (Phi) is 10.4. The fraction of sp³-hybridized carbons (Fsp3) is 1.00. The van der Waals surface area contributed by atoms with Crippen molar-refractivity contribution in [1.29, 1.82) is 0 Å². The molecule has 4 saturated carbocycles. The summed E-state index contributed by atoms with van der Waals surface area (Å²) in [6.45, 7) is 0. The van der Waals surface area contributed by atoms with Crippen LogP contribution in [0.3, 0.4) is 0 Å². The standard InChI is InChI=1S/C32H48Cl8N8/c33-13-1-2-14(34)22-21(13)29-43-25-9-5-17(37)18(38)6-10(9)27(41-25)45-31-23-15(35)3-4-16(36)24(23)32(48-31)46-28-12-8-20(40)19(39)7-11(12)26(42-28)44-30(22)47-29/h9-32,41-48H,1-8H2. The minimum atomic E-state index is -0.0817. The second-order valence-corrected chi connectivity index (χ2v) is 20.8. The lowest BCUT2D eigenvalue weighted by Gasteiger charge is -2.40. The van der Waals surface area contributed by atoms with Gasteiger partial charge >= 0.3 is 0 Å². The molecular formula is C32H48Cl8N8. The molecule has 0 aromatic rings. The molecule has 4 aliphatic carbocycles. The monoisotopic (exact) mass is 824 g/mol. The topological polar surface area (TPSA) is 96.2 Å². The maximum atomic E-state index is 7.21. The highest BCUT2D eigenvalue weighted by atomic mass is 35.5. The molecule has 9 fully saturated rings. The van der Waals surface area contributed by atoms with Gasteiger partial charge in [-0.05, 0) is 75.0 Å². The molecule has 0 spiro atoms. The van der Waals surface area contributed by atoms with E-state index in [0.29, 0.717) is 23.7 Å². The number of fused-ring (bicyclic) bond motifs is 20. The fourth-order valence-electron chi connectivity index (χ4n) is 11.8. The Morgan fingerprint density at radius 1 is 0.250 bits per heavy atom. The second kappa shape index (κ2) is 13.9. The highest BCUT2D eigenvalue weighted by Gasteiger charge is 2.59. The molecule has 16 heteroatoms. The predicted molar refractivity (Wildman–Crippen MR) is 197 cm³/mol. The van der Waals surface area contributed by atoms with Gasteiger partial charge in [-0.25, -0.2) is 0 Å². The summed E-state index contributed by atoms with van der Waals surface area (Å²) in [6.07, 6.45) is 6.88. The van der Waals surface area contributed by atoms with E-state index in [1.54, 1.807) is 0 Å². The van der Waals surface area contributed by atoms with Crippen LogP contribution in [0.15, 0.2) is 0 Å². The third-order valence-corrected chi connectivity index (χ3v) is 18.2. The zero-order valence-electron chi connectivity index (χ0n) is 26.5. The van der Waals surface area contributed by atoms with Crippen LogP contribution in [0.4, 0.5) is 0 Å². The van der Waals surface area contributed by atoms with Crippen molar-refractivity contribution in [3.8, 4) is 0 Å². The van der Waals surface area contributed by atoms with Crippen molar-refractivity contribution in [2.45, 2.75) is 144 Å². The van der Waals surface area contributed by atoms with Crippen LogP contribution < -0.4 is 42.5 Å². The van der Waals surface area contributed by atoms with Gasteiger partial charge in [-0.3, -0.25) is 42.5 Å². The Morgan fingerprint density at radius 3 is 0.667 bits per heavy atom. The number of hydrogen-bond acceptors (Lipinski definition) is 8. The van der Waals surface area contributed by atoms with Crippen LogP contribution in [0.2, 0.25) is 0 Å². The number of alkyl halides is 8. The molecule has 0 radical (unpaired) electrons. The molecular weight excluding hydrogens is 780 g/mol. The first-order valence-electron chi connectivity index (χ1n) is 18.3. The molecule has 9 rings (SSSR count). The molecule has 272 valence electrons. The van der Waals surface area contributed by atoms with Gasteiger partial charge in [0.1, 0.15) is 0 Å². The zero-order valence-corrected chi connectivity index (χ0v) is 32.6. The molecule has 24 atom stereocenters. The molecule has 48 heavy (non-hydrogen) atoms. The van der Waals surface area contributed by atoms with E-state index in [-0.39, 0.29) is 116 Å². The Morgan fingerprint density at radius 2 is 0.438 bits per heavy atom. The molecule has 5 heterocycles. The van der Waals surface area contributed by atoms with Gasteiger partial charge in [0.2, 0.25) is 0 Å². The third kappa shape index (κ3) is 6.09. The molecule has 24 unspecified atom stereocenters. The minimum absolute atomic E-state index is 0.0132. The highest BCUT2D eigenvalue weighted by Crippen LogP contribution is 2.49. The van der Waals surface area contributed by atoms with E-state index in [0.717, 1.165) is 51.4 Å². The van der Waals surface area contributed by atoms with E-state index in [1.807, 2.05) is 0 Å². The summed E-state index contributed by atoms with van der Waals surface area (Å²) in [6, 6.07) is 0. The van der Waals surface area contributed by atoms with Gasteiger partial charge in [-0.1, -0.05) is 0 Å². The summed E-state index contributed by atoms with van der Waals surface area (Å²) in [5.74, 6) is 1.80. The van der Waals surface area contributed by atoms with Crippen molar-refractivity contribution < 1.29 is 0 Å². The van der Waals surface area contributed by atoms with E-state index < -0.39 is 0 Å². The molecule has 5 saturated heterocycles. The van der Waals surface area contributed by atoms with Crippen molar-refractivity contribution in [2.75, 3.05) is 0 Å². The quantitative estimate of drug-likeness (QED) is 0.171. The van der Waals surface area contributed by atoms with Gasteiger partial charge in [0, 0.05) is 45.2 Å². The lowest BCUT2D eigenvalue weighted by molar-refractivity contribution is 0.174. The summed E-state index contributed by atoms with van der Waals surface area (Å²) in [5.41, 5.74) is 0. The second-order valence-electron chi connectivity index (χ2n) is 16.3. The molecule has 0 aromatic heterocycles. The average molecular weight is 828 g/mol. The maximum absolute atomic E-state index is 7.21. The van der Waals surface area contributed by atoms with Crippen LogP contribution in [0.1, 0.15) is 51.4 Å². The van der Waals surface area contributed by atoms with Crippen LogP contribution in [-0.2, 0) is 0 Å². The van der Waals surface area contributed by atoms with Gasteiger partial charge in [-0.2, -0.15) is 0 Å². The molecule has 9 aliphatic rings. The van der Waals surface area contributed by atoms with Crippen LogP contribution in [0, 0.1) is 47.3 Å². The first-order valence-corrected chi connectivity index (χ1v) is 21.8. The molecule has 8 N–H and O–H groups in total. The third-order valence-electron chi connectivity index (χ3n) is 14.0. The van der Waals surface area contributed by atoms with Crippen molar-refractivity contribution in [3.63, 3.8) is 0 Å². The summed E-state index contributed by atoms with van der Waals surface area (Å²) in [5, 5.41) is 31.8. The summed E-state index contributed by atoms with van der Waals surface area (Å²) in [4.78, 5) is 0. The van der Waals surface area contributed by atoms with Crippen molar-refractivity contribution in [3.05, 3.63) is 0 Å². The average Bonchev–Trinajstić information content (AvgIpc) is 3.77. The zero-order chi connectivity index (χ0) is 33.2. The van der Waals surface area contributed by atoms with Crippen LogP contribution in [-0.4, -0.2) is 92.3 Å². The van der Waals surface area contributed by atoms with Gasteiger partial charge < -0.3 is 0 Å². The van der Waals surface area contributed by atoms with Gasteiger partial charge in [-0.15, -0.1) is 92.8 Å². The Bertz CT molecular complexity index is 1020. The van der Waals surface area contributed by atoms with Gasteiger partial charge in [0.25, 0.3) is 0 Å². The van der Waals surface area contributed by atoms with Crippen LogP contribution in [0.25, 0.3) is 0 Å². The number of halogens is 8. The van der Waals surface area contributed by atoms with E-state index in [9.17, 15) is 0 Å². The smallest absolute Gasteiger partial charge is 0.0643 e. The largest absolute Gasteiger partial charge is 0.286 e. The summed E-state index contributed by atoms with van der Waals surface area (Å²) in [7, 11) is 0. The van der Waals surface area contributed by atoms with Gasteiger partial charge in [0.15, 0.2) is 0 Å². The van der Waals surface area contributed by atoms with Crippen LogP contribution in [0.5, 0.6) is 0 Å². The highest BCUT2D eigenvalue weighted by molar-refractivity contribution is 6.30. The van der Waals surface area contributed by atoms with Crippen molar-refractivity contribution in [2.24, 2.45) is 47.3 Å². The Balaban J connectivity index is 1.09. The lowest BCUT2D eigenvalue weighted by atomic mass is 9.75. The van der Waals surface area contributed by atoms with Crippen molar-refractivity contribution >= 4 is 92.8 Å². The predicted octanol–water partition coefficient (Wildman–Crippen LogP) is 4.34. The van der Waals surface area contributed by atoms with Crippen LogP contribution >= 0.6 is 92.8 Å². The maximum Gasteiger partial charge on any atom is 0.0643 e. The van der Waals surface area contributed by atoms with E-state index in [4.69, 9.17) is 92.8 Å². The minimum Gasteiger partial charge on any atom is -0.286 e. The molecule has 5 aliphatic heterocycles.